The lowest BCUT2D eigenvalue weighted by molar-refractivity contribution is -0.151. The van der Waals surface area contributed by atoms with E-state index in [1.165, 1.54) is 0 Å². The van der Waals surface area contributed by atoms with Gasteiger partial charge in [0.05, 0.1) is 12.5 Å². The summed E-state index contributed by atoms with van der Waals surface area (Å²) in [5.41, 5.74) is 5.67. The van der Waals surface area contributed by atoms with Crippen LogP contribution in [0.2, 0.25) is 0 Å². The van der Waals surface area contributed by atoms with Crippen molar-refractivity contribution in [3.8, 4) is 0 Å². The highest BCUT2D eigenvalue weighted by Crippen LogP contribution is 2.22. The number of nitrogens with zero attached hydrogens (tertiary/aromatic N) is 1. The molecular weight excluding hydrogens is 422 g/mol. The van der Waals surface area contributed by atoms with Gasteiger partial charge in [-0.1, -0.05) is 50.6 Å². The third-order valence-electron chi connectivity index (χ3n) is 5.39. The second-order valence-electron chi connectivity index (χ2n) is 9.20. The van der Waals surface area contributed by atoms with Crippen molar-refractivity contribution in [1.29, 1.82) is 0 Å². The van der Waals surface area contributed by atoms with E-state index in [1.54, 1.807) is 24.3 Å². The SMILES string of the molecule is Cc1ccc(NC(=O)COC(=O)[C@@H]2CC(=O)N(NC(=O)c3ccc(C(C)(C)C)cc3)C2)cc1. The quantitative estimate of drug-likeness (QED) is 0.657. The largest absolute Gasteiger partial charge is 0.455 e. The number of hydrogen-bond donors (Lipinski definition) is 2. The van der Waals surface area contributed by atoms with E-state index in [0.717, 1.165) is 16.1 Å². The Balaban J connectivity index is 1.48. The Morgan fingerprint density at radius 3 is 2.27 bits per heavy atom. The zero-order valence-electron chi connectivity index (χ0n) is 19.3. The lowest BCUT2D eigenvalue weighted by Crippen LogP contribution is -2.43. The summed E-state index contributed by atoms with van der Waals surface area (Å²) in [4.78, 5) is 49.1. The van der Waals surface area contributed by atoms with Crippen molar-refractivity contribution in [1.82, 2.24) is 10.4 Å². The van der Waals surface area contributed by atoms with Crippen LogP contribution in [0.15, 0.2) is 48.5 Å². The fourth-order valence-electron chi connectivity index (χ4n) is 3.37. The maximum absolute atomic E-state index is 12.5. The minimum atomic E-state index is -0.756. The number of carbonyl (C=O) groups excluding carboxylic acids is 4. The number of carbonyl (C=O) groups is 4. The Hall–Kier alpha value is -3.68. The van der Waals surface area contributed by atoms with Crippen molar-refractivity contribution in [3.63, 3.8) is 0 Å². The molecule has 2 aromatic rings. The van der Waals surface area contributed by atoms with Crippen LogP contribution in [0.1, 0.15) is 48.7 Å². The first-order valence-electron chi connectivity index (χ1n) is 10.8. The fraction of sp³-hybridized carbons (Fsp3) is 0.360. The van der Waals surface area contributed by atoms with Crippen molar-refractivity contribution in [2.75, 3.05) is 18.5 Å². The molecule has 8 heteroatoms. The molecule has 0 unspecified atom stereocenters. The standard InChI is InChI=1S/C25H29N3O5/c1-16-5-11-20(12-6-16)26-21(29)15-33-24(32)18-13-22(30)28(14-18)27-23(31)17-7-9-19(10-8-17)25(2,3)4/h5-12,18H,13-15H2,1-4H3,(H,26,29)(H,27,31)/t18-/m1/s1. The number of anilines is 1. The van der Waals surface area contributed by atoms with E-state index in [9.17, 15) is 19.2 Å². The smallest absolute Gasteiger partial charge is 0.311 e. The average molecular weight is 452 g/mol. The van der Waals surface area contributed by atoms with Gasteiger partial charge in [-0.3, -0.25) is 29.6 Å². The van der Waals surface area contributed by atoms with Crippen molar-refractivity contribution in [2.24, 2.45) is 5.92 Å². The van der Waals surface area contributed by atoms with E-state index < -0.39 is 30.3 Å². The van der Waals surface area contributed by atoms with Crippen LogP contribution in [0.25, 0.3) is 0 Å². The number of amides is 3. The van der Waals surface area contributed by atoms with E-state index in [-0.39, 0.29) is 24.3 Å². The van der Waals surface area contributed by atoms with Crippen molar-refractivity contribution in [2.45, 2.75) is 39.5 Å². The predicted octanol–water partition coefficient (Wildman–Crippen LogP) is 2.97. The molecular formula is C25H29N3O5. The molecule has 1 aliphatic heterocycles. The summed E-state index contributed by atoms with van der Waals surface area (Å²) in [5.74, 6) is -2.71. The van der Waals surface area contributed by atoms with Gasteiger partial charge in [0, 0.05) is 17.7 Å². The molecule has 0 aromatic heterocycles. The Kier molecular flexibility index (Phi) is 7.16. The molecule has 2 N–H and O–H groups in total. The van der Waals surface area contributed by atoms with Crippen LogP contribution in [0, 0.1) is 12.8 Å². The first-order valence-corrected chi connectivity index (χ1v) is 10.8. The van der Waals surface area contributed by atoms with Crippen LogP contribution in [0.3, 0.4) is 0 Å². The molecule has 1 saturated heterocycles. The van der Waals surface area contributed by atoms with E-state index in [0.29, 0.717) is 11.3 Å². The molecule has 0 saturated carbocycles. The Morgan fingerprint density at radius 2 is 1.67 bits per heavy atom. The molecule has 0 radical (unpaired) electrons. The maximum Gasteiger partial charge on any atom is 0.311 e. The second kappa shape index (κ2) is 9.85. The molecule has 2 aromatic carbocycles. The molecule has 1 fully saturated rings. The molecule has 174 valence electrons. The number of nitrogens with one attached hydrogen (secondary N) is 2. The molecule has 0 spiro atoms. The third-order valence-corrected chi connectivity index (χ3v) is 5.39. The van der Waals surface area contributed by atoms with Gasteiger partial charge in [-0.15, -0.1) is 0 Å². The lowest BCUT2D eigenvalue weighted by Gasteiger charge is -2.20. The highest BCUT2D eigenvalue weighted by molar-refractivity contribution is 5.97. The van der Waals surface area contributed by atoms with Gasteiger partial charge >= 0.3 is 5.97 Å². The van der Waals surface area contributed by atoms with Crippen LogP contribution >= 0.6 is 0 Å². The van der Waals surface area contributed by atoms with Gasteiger partial charge in [-0.2, -0.15) is 0 Å². The fourth-order valence-corrected chi connectivity index (χ4v) is 3.37. The molecule has 3 amide bonds. The number of esters is 1. The number of benzene rings is 2. The summed E-state index contributed by atoms with van der Waals surface area (Å²) in [7, 11) is 0. The maximum atomic E-state index is 12.5. The van der Waals surface area contributed by atoms with Gasteiger partial charge in [-0.25, -0.2) is 0 Å². The highest BCUT2D eigenvalue weighted by atomic mass is 16.5. The summed E-state index contributed by atoms with van der Waals surface area (Å²) in [6.07, 6.45) is -0.0956. The minimum absolute atomic E-state index is 0.0109. The molecule has 0 bridgehead atoms. The summed E-state index contributed by atoms with van der Waals surface area (Å²) < 4.78 is 5.07. The van der Waals surface area contributed by atoms with Crippen LogP contribution in [-0.4, -0.2) is 41.9 Å². The topological polar surface area (TPSA) is 105 Å². The van der Waals surface area contributed by atoms with E-state index in [1.807, 2.05) is 31.2 Å². The molecule has 8 nitrogen and oxygen atoms in total. The number of hydrazine groups is 1. The summed E-state index contributed by atoms with van der Waals surface area (Å²) in [5, 5.41) is 3.76. The van der Waals surface area contributed by atoms with Crippen molar-refractivity contribution in [3.05, 3.63) is 65.2 Å². The molecule has 0 aliphatic carbocycles. The van der Waals surface area contributed by atoms with Gasteiger partial charge < -0.3 is 10.1 Å². The Labute approximate surface area is 193 Å². The Morgan fingerprint density at radius 1 is 1.03 bits per heavy atom. The number of ether oxygens (including phenoxy) is 1. The Bertz CT molecular complexity index is 1040. The van der Waals surface area contributed by atoms with E-state index in [4.69, 9.17) is 4.74 Å². The number of hydrogen-bond acceptors (Lipinski definition) is 5. The monoisotopic (exact) mass is 451 g/mol. The minimum Gasteiger partial charge on any atom is -0.455 e. The van der Waals surface area contributed by atoms with Gasteiger partial charge in [0.1, 0.15) is 0 Å². The van der Waals surface area contributed by atoms with E-state index >= 15 is 0 Å². The van der Waals surface area contributed by atoms with Crippen molar-refractivity contribution < 1.29 is 23.9 Å². The summed E-state index contributed by atoms with van der Waals surface area (Å²) in [6, 6.07) is 14.4. The molecule has 1 atom stereocenters. The molecule has 1 aliphatic rings. The van der Waals surface area contributed by atoms with Crippen LogP contribution in [-0.2, 0) is 24.5 Å². The molecule has 33 heavy (non-hydrogen) atoms. The first-order chi connectivity index (χ1) is 15.5. The summed E-state index contributed by atoms with van der Waals surface area (Å²) in [6.45, 7) is 7.71. The average Bonchev–Trinajstić information content (AvgIpc) is 3.13. The number of rotatable bonds is 6. The molecule has 1 heterocycles. The van der Waals surface area contributed by atoms with Gasteiger partial charge in [0.15, 0.2) is 6.61 Å². The second-order valence-corrected chi connectivity index (χ2v) is 9.20. The third kappa shape index (κ3) is 6.41. The van der Waals surface area contributed by atoms with Crippen LogP contribution in [0.4, 0.5) is 5.69 Å². The van der Waals surface area contributed by atoms with Gasteiger partial charge in [0.2, 0.25) is 5.91 Å². The van der Waals surface area contributed by atoms with Crippen LogP contribution in [0.5, 0.6) is 0 Å². The predicted molar refractivity (Wildman–Crippen MR) is 123 cm³/mol. The zero-order valence-corrected chi connectivity index (χ0v) is 19.3. The van der Waals surface area contributed by atoms with Crippen LogP contribution < -0.4 is 10.7 Å². The summed E-state index contributed by atoms with van der Waals surface area (Å²) >= 11 is 0. The normalized spacial score (nSPS) is 15.8. The number of aryl methyl sites for hydroxylation is 1. The van der Waals surface area contributed by atoms with Crippen molar-refractivity contribution >= 4 is 29.4 Å². The van der Waals surface area contributed by atoms with E-state index in [2.05, 4.69) is 31.5 Å². The molecule has 3 rings (SSSR count). The lowest BCUT2D eigenvalue weighted by atomic mass is 9.87. The van der Waals surface area contributed by atoms with Gasteiger partial charge in [0.25, 0.3) is 11.8 Å². The first kappa shape index (κ1) is 24.0. The van der Waals surface area contributed by atoms with Gasteiger partial charge in [-0.05, 0) is 42.2 Å². The highest BCUT2D eigenvalue weighted by Gasteiger charge is 2.36. The zero-order chi connectivity index (χ0) is 24.2.